The molecule has 3 aromatic rings. The van der Waals surface area contributed by atoms with Gasteiger partial charge >= 0.3 is 6.18 Å². The number of amidine groups is 1. The number of para-hydroxylation sites is 3. The highest BCUT2D eigenvalue weighted by Gasteiger charge is 2.33. The Kier molecular flexibility index (Phi) is 5.51. The third-order valence-electron chi connectivity index (χ3n) is 6.09. The van der Waals surface area contributed by atoms with Gasteiger partial charge in [-0.25, -0.2) is 4.99 Å². The van der Waals surface area contributed by atoms with Crippen molar-refractivity contribution in [1.29, 1.82) is 0 Å². The van der Waals surface area contributed by atoms with Crippen molar-refractivity contribution >= 4 is 17.4 Å². The van der Waals surface area contributed by atoms with Gasteiger partial charge in [-0.3, -0.25) is 4.79 Å². The number of amides is 1. The van der Waals surface area contributed by atoms with Crippen molar-refractivity contribution in [2.24, 2.45) is 4.99 Å². The second-order valence-corrected chi connectivity index (χ2v) is 8.37. The molecule has 2 aliphatic heterocycles. The molecule has 8 heteroatoms. The Morgan fingerprint density at radius 3 is 2.32 bits per heavy atom. The molecule has 0 bridgehead atoms. The first-order valence-electron chi connectivity index (χ1n) is 11.0. The third-order valence-corrected chi connectivity index (χ3v) is 6.09. The number of carbonyl (C=O) groups excluding carboxylic acids is 1. The van der Waals surface area contributed by atoms with Crippen LogP contribution >= 0.6 is 0 Å². The number of aliphatic imine (C=N–C) groups is 1. The van der Waals surface area contributed by atoms with Crippen LogP contribution in [0.1, 0.15) is 28.4 Å². The predicted molar refractivity (Wildman–Crippen MR) is 123 cm³/mol. The zero-order valence-corrected chi connectivity index (χ0v) is 18.4. The monoisotopic (exact) mass is 465 g/mol. The molecule has 2 aliphatic rings. The molecule has 1 amide bonds. The lowest BCUT2D eigenvalue weighted by Crippen LogP contribution is -2.55. The van der Waals surface area contributed by atoms with Gasteiger partial charge in [-0.05, 0) is 55.5 Å². The molecule has 1 atom stereocenters. The molecular formula is C26H22F3N3O2. The van der Waals surface area contributed by atoms with E-state index in [1.165, 1.54) is 12.1 Å². The SMILES string of the molecule is CC1CN(C2=Nc3ccccc3Oc3ccccc32)CCN1C(=O)c1ccc(C(F)(F)F)cc1. The van der Waals surface area contributed by atoms with Crippen LogP contribution in [0, 0.1) is 0 Å². The second kappa shape index (κ2) is 8.52. The Morgan fingerprint density at radius 1 is 0.941 bits per heavy atom. The smallest absolute Gasteiger partial charge is 0.416 e. The number of hydrogen-bond acceptors (Lipinski definition) is 4. The van der Waals surface area contributed by atoms with Crippen molar-refractivity contribution in [2.45, 2.75) is 19.1 Å². The molecule has 1 saturated heterocycles. The van der Waals surface area contributed by atoms with Crippen LogP contribution in [0.25, 0.3) is 0 Å². The maximum atomic E-state index is 13.0. The number of rotatable bonds is 1. The second-order valence-electron chi connectivity index (χ2n) is 8.37. The lowest BCUT2D eigenvalue weighted by Gasteiger charge is -2.41. The molecule has 0 spiro atoms. The van der Waals surface area contributed by atoms with Crippen molar-refractivity contribution in [1.82, 2.24) is 9.80 Å². The molecule has 174 valence electrons. The van der Waals surface area contributed by atoms with Crippen molar-refractivity contribution in [3.63, 3.8) is 0 Å². The topological polar surface area (TPSA) is 45.1 Å². The Bertz CT molecular complexity index is 1250. The molecule has 0 saturated carbocycles. The molecular weight excluding hydrogens is 443 g/mol. The number of alkyl halides is 3. The first kappa shape index (κ1) is 22.0. The lowest BCUT2D eigenvalue weighted by molar-refractivity contribution is -0.137. The van der Waals surface area contributed by atoms with Gasteiger partial charge in [0.2, 0.25) is 0 Å². The maximum Gasteiger partial charge on any atom is 0.416 e. The van der Waals surface area contributed by atoms with E-state index in [4.69, 9.17) is 9.73 Å². The number of ether oxygens (including phenoxy) is 1. The molecule has 0 aliphatic carbocycles. The zero-order valence-electron chi connectivity index (χ0n) is 18.4. The number of hydrogen-bond donors (Lipinski definition) is 0. The van der Waals surface area contributed by atoms with E-state index in [1.54, 1.807) is 4.90 Å². The molecule has 5 rings (SSSR count). The van der Waals surface area contributed by atoms with Crippen molar-refractivity contribution < 1.29 is 22.7 Å². The van der Waals surface area contributed by atoms with Gasteiger partial charge in [0.1, 0.15) is 17.3 Å². The Hall–Kier alpha value is -3.81. The van der Waals surface area contributed by atoms with E-state index in [-0.39, 0.29) is 17.5 Å². The fourth-order valence-corrected chi connectivity index (χ4v) is 4.33. The zero-order chi connectivity index (χ0) is 23.9. The number of nitrogens with zero attached hydrogens (tertiary/aromatic N) is 3. The van der Waals surface area contributed by atoms with E-state index in [2.05, 4.69) is 4.90 Å². The summed E-state index contributed by atoms with van der Waals surface area (Å²) in [4.78, 5) is 21.8. The quantitative estimate of drug-likeness (QED) is 0.461. The molecule has 2 heterocycles. The number of carbonyl (C=O) groups is 1. The van der Waals surface area contributed by atoms with Gasteiger partial charge in [0.25, 0.3) is 5.91 Å². The molecule has 1 fully saturated rings. The van der Waals surface area contributed by atoms with E-state index in [0.29, 0.717) is 31.1 Å². The van der Waals surface area contributed by atoms with Crippen LogP contribution in [0.2, 0.25) is 0 Å². The summed E-state index contributed by atoms with van der Waals surface area (Å²) < 4.78 is 44.7. The summed E-state index contributed by atoms with van der Waals surface area (Å²) in [5.74, 6) is 1.88. The Labute approximate surface area is 195 Å². The van der Waals surface area contributed by atoms with Gasteiger partial charge in [-0.15, -0.1) is 0 Å². The van der Waals surface area contributed by atoms with Crippen LogP contribution < -0.4 is 4.74 Å². The largest absolute Gasteiger partial charge is 0.454 e. The minimum Gasteiger partial charge on any atom is -0.454 e. The highest BCUT2D eigenvalue weighted by Crippen LogP contribution is 2.38. The summed E-state index contributed by atoms with van der Waals surface area (Å²) in [6.07, 6.45) is -4.43. The average Bonchev–Trinajstić information content (AvgIpc) is 3.00. The minimum atomic E-state index is -4.43. The summed E-state index contributed by atoms with van der Waals surface area (Å²) in [5.41, 5.74) is 1.07. The number of fused-ring (bicyclic) bond motifs is 2. The van der Waals surface area contributed by atoms with Crippen LogP contribution in [0.4, 0.5) is 18.9 Å². The normalized spacial score (nSPS) is 17.8. The third kappa shape index (κ3) is 4.11. The lowest BCUT2D eigenvalue weighted by atomic mass is 10.1. The fourth-order valence-electron chi connectivity index (χ4n) is 4.33. The standard InChI is InChI=1S/C26H22F3N3O2/c1-17-16-31(14-15-32(17)25(33)18-10-12-19(13-11-18)26(27,28)29)24-20-6-2-4-8-22(20)34-23-9-5-3-7-21(23)30-24/h2-13,17H,14-16H2,1H3. The van der Waals surface area contributed by atoms with Crippen molar-refractivity contribution in [3.05, 3.63) is 89.5 Å². The first-order chi connectivity index (χ1) is 16.3. The van der Waals surface area contributed by atoms with Crippen LogP contribution in [0.3, 0.4) is 0 Å². The van der Waals surface area contributed by atoms with E-state index in [0.717, 1.165) is 29.2 Å². The van der Waals surface area contributed by atoms with Crippen molar-refractivity contribution in [2.75, 3.05) is 19.6 Å². The Balaban J connectivity index is 1.38. The Morgan fingerprint density at radius 2 is 1.62 bits per heavy atom. The molecule has 0 N–H and O–H groups in total. The van der Waals surface area contributed by atoms with Gasteiger partial charge in [0, 0.05) is 31.2 Å². The highest BCUT2D eigenvalue weighted by atomic mass is 19.4. The fraction of sp³-hybridized carbons (Fsp3) is 0.231. The van der Waals surface area contributed by atoms with Crippen LogP contribution in [0.15, 0.2) is 77.8 Å². The summed E-state index contributed by atoms with van der Waals surface area (Å²) in [6, 6.07) is 19.5. The summed E-state index contributed by atoms with van der Waals surface area (Å²) >= 11 is 0. The molecule has 5 nitrogen and oxygen atoms in total. The predicted octanol–water partition coefficient (Wildman–Crippen LogP) is 5.74. The number of halogens is 3. The van der Waals surface area contributed by atoms with E-state index in [1.807, 2.05) is 55.5 Å². The summed E-state index contributed by atoms with van der Waals surface area (Å²) in [5, 5.41) is 0. The molecule has 34 heavy (non-hydrogen) atoms. The molecule has 3 aromatic carbocycles. The van der Waals surface area contributed by atoms with Gasteiger partial charge < -0.3 is 14.5 Å². The van der Waals surface area contributed by atoms with Crippen LogP contribution in [0.5, 0.6) is 11.5 Å². The van der Waals surface area contributed by atoms with E-state index < -0.39 is 11.7 Å². The van der Waals surface area contributed by atoms with Crippen LogP contribution in [-0.2, 0) is 6.18 Å². The number of benzene rings is 3. The average molecular weight is 465 g/mol. The van der Waals surface area contributed by atoms with E-state index >= 15 is 0 Å². The highest BCUT2D eigenvalue weighted by molar-refractivity contribution is 6.04. The molecule has 0 radical (unpaired) electrons. The first-order valence-corrected chi connectivity index (χ1v) is 11.0. The van der Waals surface area contributed by atoms with E-state index in [9.17, 15) is 18.0 Å². The molecule has 1 unspecified atom stereocenters. The van der Waals surface area contributed by atoms with Crippen LogP contribution in [-0.4, -0.2) is 47.2 Å². The molecule has 0 aromatic heterocycles. The van der Waals surface area contributed by atoms with Gasteiger partial charge in [-0.2, -0.15) is 13.2 Å². The summed E-state index contributed by atoms with van der Waals surface area (Å²) in [6.45, 7) is 3.42. The van der Waals surface area contributed by atoms with Gasteiger partial charge in [0.05, 0.1) is 11.1 Å². The minimum absolute atomic E-state index is 0.169. The summed E-state index contributed by atoms with van der Waals surface area (Å²) in [7, 11) is 0. The van der Waals surface area contributed by atoms with Gasteiger partial charge in [-0.1, -0.05) is 24.3 Å². The number of piperazine rings is 1. The maximum absolute atomic E-state index is 13.0. The van der Waals surface area contributed by atoms with Gasteiger partial charge in [0.15, 0.2) is 5.75 Å². The van der Waals surface area contributed by atoms with Crippen molar-refractivity contribution in [3.8, 4) is 11.5 Å².